The van der Waals surface area contributed by atoms with E-state index in [2.05, 4.69) is 28.9 Å². The number of nitrogens with two attached hydrogens (primary N) is 1. The summed E-state index contributed by atoms with van der Waals surface area (Å²) in [5, 5.41) is 8.13. The van der Waals surface area contributed by atoms with Crippen molar-refractivity contribution >= 4 is 5.82 Å². The number of likely N-dealkylation sites (tertiary alicyclic amines) is 1. The Bertz CT molecular complexity index is 333. The molecule has 1 atom stereocenters. The van der Waals surface area contributed by atoms with Crippen LogP contribution >= 0.6 is 0 Å². The lowest BCUT2D eigenvalue weighted by Gasteiger charge is -2.34. The van der Waals surface area contributed by atoms with Crippen molar-refractivity contribution in [2.24, 2.45) is 0 Å². The van der Waals surface area contributed by atoms with Crippen molar-refractivity contribution < 1.29 is 0 Å². The number of nitrogen functional groups attached to an aromatic ring is 1. The normalized spacial score (nSPS) is 22.6. The van der Waals surface area contributed by atoms with Crippen LogP contribution in [0.4, 0.5) is 5.82 Å². The van der Waals surface area contributed by atoms with Crippen LogP contribution in [0.5, 0.6) is 0 Å². The number of rotatable bonds is 2. The summed E-state index contributed by atoms with van der Waals surface area (Å²) < 4.78 is 0. The Morgan fingerprint density at radius 3 is 2.81 bits per heavy atom. The van der Waals surface area contributed by atoms with Gasteiger partial charge in [-0.05, 0) is 45.4 Å². The van der Waals surface area contributed by atoms with Crippen molar-refractivity contribution in [3.63, 3.8) is 0 Å². The van der Waals surface area contributed by atoms with Gasteiger partial charge in [0.05, 0.1) is 5.69 Å². The zero-order valence-corrected chi connectivity index (χ0v) is 10.1. The molecule has 1 aromatic rings. The van der Waals surface area contributed by atoms with Gasteiger partial charge in [-0.2, -0.15) is 5.10 Å². The number of nitrogens with zero attached hydrogens (tertiary/aromatic N) is 3. The minimum Gasteiger partial charge on any atom is -0.382 e. The molecule has 0 amide bonds. The van der Waals surface area contributed by atoms with Crippen molar-refractivity contribution in [1.82, 2.24) is 15.1 Å². The van der Waals surface area contributed by atoms with Crippen LogP contribution in [0, 0.1) is 0 Å². The third kappa shape index (κ3) is 2.50. The predicted octanol–water partition coefficient (Wildman–Crippen LogP) is 1.65. The van der Waals surface area contributed by atoms with Gasteiger partial charge in [0, 0.05) is 18.5 Å². The number of piperidine rings is 1. The summed E-state index contributed by atoms with van der Waals surface area (Å²) in [4.78, 5) is 2.51. The fourth-order valence-electron chi connectivity index (χ4n) is 2.29. The van der Waals surface area contributed by atoms with E-state index in [-0.39, 0.29) is 0 Å². The summed E-state index contributed by atoms with van der Waals surface area (Å²) in [6.45, 7) is 6.79. The molecule has 88 valence electrons. The first-order valence-electron chi connectivity index (χ1n) is 6.00. The van der Waals surface area contributed by atoms with Crippen molar-refractivity contribution in [1.29, 1.82) is 0 Å². The molecule has 2 N–H and O–H groups in total. The Morgan fingerprint density at radius 1 is 1.38 bits per heavy atom. The maximum atomic E-state index is 5.55. The van der Waals surface area contributed by atoms with Gasteiger partial charge < -0.3 is 10.6 Å². The van der Waals surface area contributed by atoms with E-state index in [4.69, 9.17) is 5.73 Å². The third-order valence-corrected chi connectivity index (χ3v) is 3.31. The highest BCUT2D eigenvalue weighted by Crippen LogP contribution is 2.26. The molecule has 16 heavy (non-hydrogen) atoms. The molecule has 0 aliphatic carbocycles. The first-order chi connectivity index (χ1) is 7.66. The van der Waals surface area contributed by atoms with E-state index in [1.807, 2.05) is 12.1 Å². The second-order valence-electron chi connectivity index (χ2n) is 4.81. The summed E-state index contributed by atoms with van der Waals surface area (Å²) in [6, 6.07) is 4.47. The van der Waals surface area contributed by atoms with E-state index in [9.17, 15) is 0 Å². The molecule has 1 saturated heterocycles. The monoisotopic (exact) mass is 220 g/mol. The lowest BCUT2D eigenvalue weighted by Crippen LogP contribution is -2.39. The molecule has 1 fully saturated rings. The van der Waals surface area contributed by atoms with Crippen molar-refractivity contribution in [2.75, 3.05) is 18.8 Å². The Morgan fingerprint density at radius 2 is 2.19 bits per heavy atom. The number of hydrogen-bond donors (Lipinski definition) is 1. The second-order valence-corrected chi connectivity index (χ2v) is 4.81. The Labute approximate surface area is 96.9 Å². The van der Waals surface area contributed by atoms with Crippen LogP contribution in [-0.2, 0) is 0 Å². The van der Waals surface area contributed by atoms with E-state index in [1.54, 1.807) is 0 Å². The maximum absolute atomic E-state index is 5.55. The largest absolute Gasteiger partial charge is 0.382 e. The first-order valence-corrected chi connectivity index (χ1v) is 6.00. The SMILES string of the molecule is CC(C)N1CCCC(c2ccc(N)nn2)C1. The van der Waals surface area contributed by atoms with Gasteiger partial charge in [0.1, 0.15) is 5.82 Å². The molecule has 0 aromatic carbocycles. The summed E-state index contributed by atoms with van der Waals surface area (Å²) >= 11 is 0. The average Bonchev–Trinajstić information content (AvgIpc) is 2.30. The Hall–Kier alpha value is -1.16. The Balaban J connectivity index is 2.06. The minimum absolute atomic E-state index is 0.500. The van der Waals surface area contributed by atoms with Gasteiger partial charge in [-0.25, -0.2) is 0 Å². The highest BCUT2D eigenvalue weighted by molar-refractivity contribution is 5.26. The summed E-state index contributed by atoms with van der Waals surface area (Å²) in [7, 11) is 0. The van der Waals surface area contributed by atoms with Crippen LogP contribution in [0.25, 0.3) is 0 Å². The lowest BCUT2D eigenvalue weighted by atomic mass is 9.94. The molecule has 1 aromatic heterocycles. The van der Waals surface area contributed by atoms with Crippen LogP contribution < -0.4 is 5.73 Å². The maximum Gasteiger partial charge on any atom is 0.146 e. The van der Waals surface area contributed by atoms with Gasteiger partial charge in [0.25, 0.3) is 0 Å². The molecule has 0 saturated carbocycles. The second kappa shape index (κ2) is 4.78. The molecule has 1 aliphatic rings. The van der Waals surface area contributed by atoms with Gasteiger partial charge in [-0.15, -0.1) is 5.10 Å². The van der Waals surface area contributed by atoms with E-state index in [0.29, 0.717) is 17.8 Å². The molecule has 1 unspecified atom stereocenters. The first kappa shape index (κ1) is 11.3. The van der Waals surface area contributed by atoms with Gasteiger partial charge in [0.2, 0.25) is 0 Å². The van der Waals surface area contributed by atoms with Crippen LogP contribution in [0.3, 0.4) is 0 Å². The molecular formula is C12H20N4. The van der Waals surface area contributed by atoms with Crippen LogP contribution in [0.15, 0.2) is 12.1 Å². The van der Waals surface area contributed by atoms with Gasteiger partial charge in [0.15, 0.2) is 0 Å². The van der Waals surface area contributed by atoms with Gasteiger partial charge >= 0.3 is 0 Å². The topological polar surface area (TPSA) is 55.0 Å². The van der Waals surface area contributed by atoms with Crippen LogP contribution in [0.2, 0.25) is 0 Å². The van der Waals surface area contributed by atoms with Gasteiger partial charge in [-0.3, -0.25) is 0 Å². The summed E-state index contributed by atoms with van der Waals surface area (Å²) in [5.74, 6) is 1.02. The molecule has 0 radical (unpaired) electrons. The zero-order valence-electron chi connectivity index (χ0n) is 10.1. The molecule has 2 heterocycles. The smallest absolute Gasteiger partial charge is 0.146 e. The third-order valence-electron chi connectivity index (χ3n) is 3.31. The summed E-state index contributed by atoms with van der Waals surface area (Å²) in [5.41, 5.74) is 6.63. The molecular weight excluding hydrogens is 200 g/mol. The number of hydrogen-bond acceptors (Lipinski definition) is 4. The standard InChI is InChI=1S/C12H20N4/c1-9(2)16-7-3-4-10(8-16)11-5-6-12(13)15-14-11/h5-6,9-10H,3-4,7-8H2,1-2H3,(H2,13,15). The van der Waals surface area contributed by atoms with Crippen LogP contribution in [-0.4, -0.2) is 34.2 Å². The molecule has 4 heteroatoms. The Kier molecular flexibility index (Phi) is 3.39. The van der Waals surface area contributed by atoms with Crippen molar-refractivity contribution in [3.05, 3.63) is 17.8 Å². The fraction of sp³-hybridized carbons (Fsp3) is 0.667. The van der Waals surface area contributed by atoms with E-state index >= 15 is 0 Å². The summed E-state index contributed by atoms with van der Waals surface area (Å²) in [6.07, 6.45) is 2.46. The minimum atomic E-state index is 0.500. The van der Waals surface area contributed by atoms with E-state index in [0.717, 1.165) is 12.2 Å². The molecule has 0 bridgehead atoms. The fourth-order valence-corrected chi connectivity index (χ4v) is 2.29. The number of anilines is 1. The highest BCUT2D eigenvalue weighted by atomic mass is 15.2. The zero-order chi connectivity index (χ0) is 11.5. The molecule has 0 spiro atoms. The molecule has 1 aliphatic heterocycles. The quantitative estimate of drug-likeness (QED) is 0.823. The predicted molar refractivity (Wildman–Crippen MR) is 65.1 cm³/mol. The lowest BCUT2D eigenvalue weighted by molar-refractivity contribution is 0.166. The average molecular weight is 220 g/mol. The van der Waals surface area contributed by atoms with Crippen LogP contribution in [0.1, 0.15) is 38.3 Å². The van der Waals surface area contributed by atoms with E-state index in [1.165, 1.54) is 19.4 Å². The van der Waals surface area contributed by atoms with Crippen molar-refractivity contribution in [3.8, 4) is 0 Å². The van der Waals surface area contributed by atoms with Gasteiger partial charge in [-0.1, -0.05) is 0 Å². The molecule has 2 rings (SSSR count). The van der Waals surface area contributed by atoms with Crippen molar-refractivity contribution in [2.45, 2.75) is 38.6 Å². The highest BCUT2D eigenvalue weighted by Gasteiger charge is 2.23. The van der Waals surface area contributed by atoms with E-state index < -0.39 is 0 Å². The molecule has 4 nitrogen and oxygen atoms in total. The number of aromatic nitrogens is 2.